The predicted molar refractivity (Wildman–Crippen MR) is 88.4 cm³/mol. The SMILES string of the molecule is O=C(O)c1ccc2c(c1)C(NC(=O)c1cccc(Cl)c1Cl)CC2. The monoisotopic (exact) mass is 349 g/mol. The van der Waals surface area contributed by atoms with Gasteiger partial charge in [-0.25, -0.2) is 4.79 Å². The van der Waals surface area contributed by atoms with Crippen molar-refractivity contribution in [3.8, 4) is 0 Å². The molecule has 0 saturated heterocycles. The Balaban J connectivity index is 1.86. The Morgan fingerprint density at radius 1 is 1.17 bits per heavy atom. The molecule has 0 spiro atoms. The van der Waals surface area contributed by atoms with Crippen LogP contribution in [0.5, 0.6) is 0 Å². The van der Waals surface area contributed by atoms with Crippen molar-refractivity contribution in [2.24, 2.45) is 0 Å². The molecule has 1 unspecified atom stereocenters. The van der Waals surface area contributed by atoms with Crippen LogP contribution < -0.4 is 5.32 Å². The normalized spacial score (nSPS) is 16.0. The molecule has 1 atom stereocenters. The Morgan fingerprint density at radius 2 is 1.96 bits per heavy atom. The lowest BCUT2D eigenvalue weighted by Gasteiger charge is -2.15. The quantitative estimate of drug-likeness (QED) is 0.876. The van der Waals surface area contributed by atoms with Crippen molar-refractivity contribution in [3.63, 3.8) is 0 Å². The van der Waals surface area contributed by atoms with E-state index in [4.69, 9.17) is 28.3 Å². The van der Waals surface area contributed by atoms with Crippen LogP contribution in [0.2, 0.25) is 10.0 Å². The molecule has 2 aromatic carbocycles. The van der Waals surface area contributed by atoms with Crippen LogP contribution in [-0.4, -0.2) is 17.0 Å². The summed E-state index contributed by atoms with van der Waals surface area (Å²) in [5, 5.41) is 12.6. The molecule has 0 saturated carbocycles. The van der Waals surface area contributed by atoms with Gasteiger partial charge in [-0.1, -0.05) is 35.3 Å². The molecule has 0 bridgehead atoms. The molecule has 23 heavy (non-hydrogen) atoms. The minimum atomic E-state index is -0.984. The third-order valence-corrected chi connectivity index (χ3v) is 4.79. The number of aryl methyl sites for hydroxylation is 1. The molecule has 2 N–H and O–H groups in total. The number of hydrogen-bond acceptors (Lipinski definition) is 2. The van der Waals surface area contributed by atoms with Gasteiger partial charge < -0.3 is 10.4 Å². The Morgan fingerprint density at radius 3 is 2.70 bits per heavy atom. The van der Waals surface area contributed by atoms with Gasteiger partial charge in [0.25, 0.3) is 5.91 Å². The summed E-state index contributed by atoms with van der Waals surface area (Å²) >= 11 is 12.0. The summed E-state index contributed by atoms with van der Waals surface area (Å²) in [6.45, 7) is 0. The van der Waals surface area contributed by atoms with Gasteiger partial charge in [-0.2, -0.15) is 0 Å². The van der Waals surface area contributed by atoms with Crippen LogP contribution in [0, 0.1) is 0 Å². The lowest BCUT2D eigenvalue weighted by atomic mass is 10.0. The van der Waals surface area contributed by atoms with Crippen molar-refractivity contribution >= 4 is 35.1 Å². The third kappa shape index (κ3) is 3.05. The summed E-state index contributed by atoms with van der Waals surface area (Å²) in [5.74, 6) is -1.31. The summed E-state index contributed by atoms with van der Waals surface area (Å²) in [4.78, 5) is 23.5. The highest BCUT2D eigenvalue weighted by atomic mass is 35.5. The predicted octanol–water partition coefficient (Wildman–Crippen LogP) is 4.11. The molecule has 4 nitrogen and oxygen atoms in total. The fraction of sp³-hybridized carbons (Fsp3) is 0.176. The first-order valence-corrected chi connectivity index (χ1v) is 7.84. The molecule has 3 rings (SSSR count). The van der Waals surface area contributed by atoms with Crippen LogP contribution in [0.3, 0.4) is 0 Å². The number of nitrogens with one attached hydrogen (secondary N) is 1. The Kier molecular flexibility index (Phi) is 4.28. The minimum absolute atomic E-state index is 0.212. The number of carbonyl (C=O) groups excluding carboxylic acids is 1. The smallest absolute Gasteiger partial charge is 0.335 e. The molecule has 0 radical (unpaired) electrons. The van der Waals surface area contributed by atoms with Crippen LogP contribution in [-0.2, 0) is 6.42 Å². The lowest BCUT2D eigenvalue weighted by molar-refractivity contribution is 0.0696. The van der Waals surface area contributed by atoms with E-state index < -0.39 is 5.97 Å². The fourth-order valence-electron chi connectivity index (χ4n) is 2.80. The second-order valence-electron chi connectivity index (χ2n) is 5.38. The summed E-state index contributed by atoms with van der Waals surface area (Å²) in [6.07, 6.45) is 1.52. The number of carboxylic acids is 1. The average molecular weight is 350 g/mol. The number of rotatable bonds is 3. The van der Waals surface area contributed by atoms with Gasteiger partial charge in [-0.15, -0.1) is 0 Å². The molecule has 6 heteroatoms. The number of carboxylic acid groups (broad SMARTS) is 1. The Bertz CT molecular complexity index is 804. The molecule has 1 aliphatic carbocycles. The van der Waals surface area contributed by atoms with Gasteiger partial charge in [0, 0.05) is 0 Å². The summed E-state index contributed by atoms with van der Waals surface area (Å²) in [7, 11) is 0. The van der Waals surface area contributed by atoms with Crippen LogP contribution in [0.1, 0.15) is 44.3 Å². The molecule has 0 heterocycles. The van der Waals surface area contributed by atoms with Crippen molar-refractivity contribution in [2.75, 3.05) is 0 Å². The van der Waals surface area contributed by atoms with Crippen molar-refractivity contribution < 1.29 is 14.7 Å². The number of hydrogen-bond donors (Lipinski definition) is 2. The molecular formula is C17H13Cl2NO3. The Hall–Kier alpha value is -2.04. The second kappa shape index (κ2) is 6.22. The number of benzene rings is 2. The standard InChI is InChI=1S/C17H13Cl2NO3/c18-13-3-1-2-11(15(13)19)16(21)20-14-7-6-9-4-5-10(17(22)23)8-12(9)14/h1-5,8,14H,6-7H2,(H,20,21)(H,22,23). The molecule has 0 fully saturated rings. The second-order valence-corrected chi connectivity index (χ2v) is 6.17. The van der Waals surface area contributed by atoms with E-state index in [1.807, 2.05) is 0 Å². The van der Waals surface area contributed by atoms with Crippen molar-refractivity contribution in [3.05, 3.63) is 68.7 Å². The zero-order valence-electron chi connectivity index (χ0n) is 12.0. The van der Waals surface area contributed by atoms with Gasteiger partial charge in [0.2, 0.25) is 0 Å². The molecule has 0 aliphatic heterocycles. The summed E-state index contributed by atoms with van der Waals surface area (Å²) in [6, 6.07) is 9.66. The van der Waals surface area contributed by atoms with E-state index in [9.17, 15) is 9.59 Å². The van der Waals surface area contributed by atoms with Gasteiger partial charge in [0.05, 0.1) is 27.2 Å². The van der Waals surface area contributed by atoms with E-state index in [1.54, 1.807) is 36.4 Å². The average Bonchev–Trinajstić information content (AvgIpc) is 2.92. The van der Waals surface area contributed by atoms with Gasteiger partial charge in [-0.3, -0.25) is 4.79 Å². The summed E-state index contributed by atoms with van der Waals surface area (Å²) in [5.41, 5.74) is 2.42. The van der Waals surface area contributed by atoms with Crippen LogP contribution in [0.15, 0.2) is 36.4 Å². The van der Waals surface area contributed by atoms with Crippen LogP contribution >= 0.6 is 23.2 Å². The van der Waals surface area contributed by atoms with E-state index >= 15 is 0 Å². The van der Waals surface area contributed by atoms with Gasteiger partial charge in [0.1, 0.15) is 0 Å². The van der Waals surface area contributed by atoms with Gasteiger partial charge in [-0.05, 0) is 48.2 Å². The Labute approximate surface area is 143 Å². The molecule has 1 amide bonds. The number of aromatic carboxylic acids is 1. The van der Waals surface area contributed by atoms with Gasteiger partial charge in [0.15, 0.2) is 0 Å². The number of halogens is 2. The maximum Gasteiger partial charge on any atom is 0.335 e. The maximum absolute atomic E-state index is 12.4. The highest BCUT2D eigenvalue weighted by Gasteiger charge is 2.26. The van der Waals surface area contributed by atoms with E-state index in [2.05, 4.69) is 5.32 Å². The van der Waals surface area contributed by atoms with E-state index in [-0.39, 0.29) is 22.5 Å². The first kappa shape index (κ1) is 15.8. The van der Waals surface area contributed by atoms with Crippen molar-refractivity contribution in [1.82, 2.24) is 5.32 Å². The van der Waals surface area contributed by atoms with Crippen LogP contribution in [0.4, 0.5) is 0 Å². The third-order valence-electron chi connectivity index (χ3n) is 3.97. The first-order valence-electron chi connectivity index (χ1n) is 7.08. The van der Waals surface area contributed by atoms with E-state index in [0.29, 0.717) is 10.6 Å². The number of amides is 1. The zero-order chi connectivity index (χ0) is 16.6. The largest absolute Gasteiger partial charge is 0.478 e. The molecule has 1 aliphatic rings. The number of fused-ring (bicyclic) bond motifs is 1. The first-order chi connectivity index (χ1) is 11.0. The maximum atomic E-state index is 12.4. The highest BCUT2D eigenvalue weighted by molar-refractivity contribution is 6.43. The van der Waals surface area contributed by atoms with E-state index in [1.165, 1.54) is 0 Å². The van der Waals surface area contributed by atoms with Crippen molar-refractivity contribution in [2.45, 2.75) is 18.9 Å². The fourth-order valence-corrected chi connectivity index (χ4v) is 3.19. The number of carbonyl (C=O) groups is 2. The van der Waals surface area contributed by atoms with Crippen molar-refractivity contribution in [1.29, 1.82) is 0 Å². The summed E-state index contributed by atoms with van der Waals surface area (Å²) < 4.78 is 0. The zero-order valence-corrected chi connectivity index (χ0v) is 13.5. The molecular weight excluding hydrogens is 337 g/mol. The molecule has 2 aromatic rings. The van der Waals surface area contributed by atoms with Crippen LogP contribution in [0.25, 0.3) is 0 Å². The minimum Gasteiger partial charge on any atom is -0.478 e. The molecule has 0 aromatic heterocycles. The van der Waals surface area contributed by atoms with E-state index in [0.717, 1.165) is 24.0 Å². The lowest BCUT2D eigenvalue weighted by Crippen LogP contribution is -2.27. The topological polar surface area (TPSA) is 66.4 Å². The molecule has 118 valence electrons. The highest BCUT2D eigenvalue weighted by Crippen LogP contribution is 2.33. The van der Waals surface area contributed by atoms with Gasteiger partial charge >= 0.3 is 5.97 Å².